The van der Waals surface area contributed by atoms with Gasteiger partial charge in [0.15, 0.2) is 16.2 Å². The second-order valence-electron chi connectivity index (χ2n) is 8.87. The molecule has 2 aliphatic rings. The minimum atomic E-state index is -5.37. The topological polar surface area (TPSA) is 243 Å². The number of para-hydroxylation sites is 1. The Labute approximate surface area is 236 Å². The van der Waals surface area contributed by atoms with Crippen LogP contribution in [0.2, 0.25) is 0 Å². The molecule has 0 spiro atoms. The summed E-state index contributed by atoms with van der Waals surface area (Å²) >= 11 is 0. The van der Waals surface area contributed by atoms with E-state index in [0.717, 1.165) is 18.2 Å². The molecule has 42 heavy (non-hydrogen) atoms. The van der Waals surface area contributed by atoms with Crippen molar-refractivity contribution in [2.24, 2.45) is 0 Å². The summed E-state index contributed by atoms with van der Waals surface area (Å²) in [7, 11) is -10.7. The van der Waals surface area contributed by atoms with E-state index in [2.05, 4.69) is 0 Å². The Morgan fingerprint density at radius 2 is 1.50 bits per heavy atom. The molecule has 0 amide bonds. The molecule has 1 aliphatic carbocycles. The summed E-state index contributed by atoms with van der Waals surface area (Å²) in [6.45, 7) is 0. The van der Waals surface area contributed by atoms with Crippen molar-refractivity contribution < 1.29 is 55.2 Å². The lowest BCUT2D eigenvalue weighted by atomic mass is 9.89. The quantitative estimate of drug-likeness (QED) is 0.0807. The number of carboxylic acids is 1. The lowest BCUT2D eigenvalue weighted by Gasteiger charge is -2.21. The van der Waals surface area contributed by atoms with E-state index >= 15 is 0 Å². The molecule has 0 unspecified atom stereocenters. The number of ether oxygens (including phenoxy) is 1. The molecule has 15 heteroatoms. The fraction of sp³-hybridized carbons (Fsp3) is 0. The van der Waals surface area contributed by atoms with Crippen LogP contribution in [0.3, 0.4) is 0 Å². The van der Waals surface area contributed by atoms with E-state index in [0.29, 0.717) is 0 Å². The van der Waals surface area contributed by atoms with E-state index in [1.165, 1.54) is 36.4 Å². The van der Waals surface area contributed by atoms with Gasteiger partial charge in [-0.25, -0.2) is 26.4 Å². The van der Waals surface area contributed by atoms with Gasteiger partial charge < -0.3 is 29.1 Å². The molecular weight excluding hydrogens is 592 g/mol. The minimum absolute atomic E-state index is 0.151. The second kappa shape index (κ2) is 10.1. The highest BCUT2D eigenvalue weighted by Crippen LogP contribution is 2.45. The van der Waals surface area contributed by atoms with Gasteiger partial charge in [-0.1, -0.05) is 24.3 Å². The minimum Gasteiger partial charge on any atom is -0.744 e. The Hall–Kier alpha value is -5.09. The zero-order chi connectivity index (χ0) is 30.6. The summed E-state index contributed by atoms with van der Waals surface area (Å²) in [6, 6.07) is 16.0. The molecular formula is C27H17N2O11S2-. The van der Waals surface area contributed by atoms with Crippen molar-refractivity contribution in [3.05, 3.63) is 89.3 Å². The Morgan fingerprint density at radius 1 is 0.857 bits per heavy atom. The Morgan fingerprint density at radius 3 is 2.12 bits per heavy atom. The smallest absolute Gasteiger partial charge is 0.343 e. The summed E-state index contributed by atoms with van der Waals surface area (Å²) in [6.07, 6.45) is 0. The van der Waals surface area contributed by atoms with Crippen LogP contribution in [0.15, 0.2) is 87.0 Å². The van der Waals surface area contributed by atoms with Crippen LogP contribution >= 0.6 is 0 Å². The van der Waals surface area contributed by atoms with Gasteiger partial charge in [-0.3, -0.25) is 5.41 Å². The van der Waals surface area contributed by atoms with Gasteiger partial charge in [-0.05, 0) is 48.0 Å². The zero-order valence-electron chi connectivity index (χ0n) is 20.9. The van der Waals surface area contributed by atoms with Crippen LogP contribution in [0, 0.1) is 0 Å². The van der Waals surface area contributed by atoms with E-state index in [1.54, 1.807) is 18.2 Å². The first-order chi connectivity index (χ1) is 19.7. The highest BCUT2D eigenvalue weighted by Gasteiger charge is 2.30. The monoisotopic (exact) mass is 609 g/mol. The Bertz CT molecular complexity index is 2190. The molecule has 3 aromatic carbocycles. The lowest BCUT2D eigenvalue weighted by molar-refractivity contribution is -0.176. The number of aromatic carboxylic acids is 1. The van der Waals surface area contributed by atoms with Gasteiger partial charge in [0, 0.05) is 22.6 Å². The van der Waals surface area contributed by atoms with E-state index < -0.39 is 69.9 Å². The summed E-state index contributed by atoms with van der Waals surface area (Å²) in [5, 5.41) is 15.2. The Kier molecular flexibility index (Phi) is 6.82. The fourth-order valence-electron chi connectivity index (χ4n) is 4.53. The van der Waals surface area contributed by atoms with E-state index in [9.17, 15) is 40.6 Å². The summed E-state index contributed by atoms with van der Waals surface area (Å²) in [5.41, 5.74) is 3.30. The van der Waals surface area contributed by atoms with Crippen LogP contribution in [0.1, 0.15) is 20.7 Å². The van der Waals surface area contributed by atoms with Crippen LogP contribution in [0.25, 0.3) is 33.4 Å². The first kappa shape index (κ1) is 28.4. The number of anilines is 1. The number of nitrogen functional groups attached to an aromatic ring is 1. The van der Waals surface area contributed by atoms with Crippen molar-refractivity contribution in [2.45, 2.75) is 9.79 Å². The van der Waals surface area contributed by atoms with Gasteiger partial charge in [0.2, 0.25) is 5.36 Å². The zero-order valence-corrected chi connectivity index (χ0v) is 22.6. The molecule has 0 saturated heterocycles. The first-order valence-corrected chi connectivity index (χ1v) is 14.5. The van der Waals surface area contributed by atoms with Crippen LogP contribution in [-0.2, 0) is 20.2 Å². The maximum Gasteiger partial charge on any atom is 0.343 e. The SMILES string of the molecule is Nc1ccc2c(-c3ccc(C(=O)Oc4ccccc4)cc3C(=O)O)c3ccc(=[NH2+])c(S(=O)(=O)[O-])c-3oc2c1S(=O)(=O)[O-]. The molecule has 3 aromatic rings. The maximum atomic E-state index is 12.8. The van der Waals surface area contributed by atoms with Crippen molar-refractivity contribution >= 4 is 48.8 Å². The normalized spacial score (nSPS) is 12.0. The van der Waals surface area contributed by atoms with Crippen LogP contribution in [0.5, 0.6) is 5.75 Å². The standard InChI is InChI=1S/C27H18N2O11S2/c28-19-10-8-16-21(15-7-6-13(12-18(15)26(30)31)27(32)39-14-4-2-1-3-5-14)17-9-11-20(29)25(42(36,37)38)23(17)40-22(16)24(19)41(33,34)35/h1-12,28H,29H2,(H,30,31)(H,33,34,35)(H,36,37,38)/p-1. The van der Waals surface area contributed by atoms with Gasteiger partial charge >= 0.3 is 11.9 Å². The van der Waals surface area contributed by atoms with Gasteiger partial charge in [-0.2, -0.15) is 0 Å². The van der Waals surface area contributed by atoms with Crippen molar-refractivity contribution in [3.63, 3.8) is 0 Å². The first-order valence-electron chi connectivity index (χ1n) is 11.7. The third kappa shape index (κ3) is 4.97. The third-order valence-electron chi connectivity index (χ3n) is 6.24. The maximum absolute atomic E-state index is 12.8. The molecule has 0 fully saturated rings. The third-order valence-corrected chi connectivity index (χ3v) is 8.08. The highest BCUT2D eigenvalue weighted by molar-refractivity contribution is 7.86. The van der Waals surface area contributed by atoms with Crippen molar-refractivity contribution in [2.75, 3.05) is 5.73 Å². The molecule has 5 N–H and O–H groups in total. The highest BCUT2D eigenvalue weighted by atomic mass is 32.2. The van der Waals surface area contributed by atoms with Crippen LogP contribution < -0.4 is 21.2 Å². The number of carboxylic acid groups (broad SMARTS) is 1. The number of carbonyl (C=O) groups is 2. The van der Waals surface area contributed by atoms with Gasteiger partial charge in [0.05, 0.1) is 16.8 Å². The average Bonchev–Trinajstić information content (AvgIpc) is 2.90. The van der Waals surface area contributed by atoms with Gasteiger partial charge in [0.25, 0.3) is 0 Å². The van der Waals surface area contributed by atoms with Crippen LogP contribution in [-0.4, -0.2) is 43.0 Å². The Balaban J connectivity index is 1.89. The van der Waals surface area contributed by atoms with Crippen molar-refractivity contribution in [3.8, 4) is 28.2 Å². The summed E-state index contributed by atoms with van der Waals surface area (Å²) in [4.78, 5) is 23.1. The summed E-state index contributed by atoms with van der Waals surface area (Å²) in [5.74, 6) is -2.99. The molecule has 0 radical (unpaired) electrons. The number of carbonyl (C=O) groups excluding carboxylic acids is 1. The lowest BCUT2D eigenvalue weighted by Crippen LogP contribution is -2.47. The van der Waals surface area contributed by atoms with E-state index in [4.69, 9.17) is 20.3 Å². The van der Waals surface area contributed by atoms with E-state index in [1.807, 2.05) is 0 Å². The number of esters is 1. The molecule has 0 bridgehead atoms. The molecule has 5 rings (SSSR count). The number of benzene rings is 4. The van der Waals surface area contributed by atoms with Gasteiger partial charge in [-0.15, -0.1) is 0 Å². The largest absolute Gasteiger partial charge is 0.744 e. The van der Waals surface area contributed by atoms with Crippen LogP contribution in [0.4, 0.5) is 5.69 Å². The second-order valence-corrected chi connectivity index (χ2v) is 11.5. The van der Waals surface area contributed by atoms with Crippen molar-refractivity contribution in [1.82, 2.24) is 0 Å². The molecule has 0 aromatic heterocycles. The molecule has 1 aliphatic heterocycles. The van der Waals surface area contributed by atoms with E-state index in [-0.39, 0.29) is 33.4 Å². The predicted octanol–water partition coefficient (Wildman–Crippen LogP) is 1.17. The number of hydrogen-bond acceptors (Lipinski definition) is 11. The van der Waals surface area contributed by atoms with Gasteiger partial charge in [0.1, 0.15) is 30.9 Å². The number of hydrogen-bond donors (Lipinski definition) is 3. The molecule has 1 heterocycles. The summed E-state index contributed by atoms with van der Waals surface area (Å²) < 4.78 is 84.0. The fourth-order valence-corrected chi connectivity index (χ4v) is 6.00. The average molecular weight is 610 g/mol. The number of rotatable bonds is 6. The predicted molar refractivity (Wildman–Crippen MR) is 142 cm³/mol. The molecule has 13 nitrogen and oxygen atoms in total. The molecule has 0 atom stereocenters. The molecule has 214 valence electrons. The number of nitrogens with two attached hydrogens (primary N) is 2. The number of fused-ring (bicyclic) bond motifs is 2. The van der Waals surface area contributed by atoms with Crippen molar-refractivity contribution in [1.29, 1.82) is 0 Å². The molecule has 0 saturated carbocycles.